The van der Waals surface area contributed by atoms with Crippen LogP contribution in [0.25, 0.3) is 0 Å². The molecule has 0 aliphatic carbocycles. The van der Waals surface area contributed by atoms with Gasteiger partial charge in [0.05, 0.1) is 11.4 Å². The van der Waals surface area contributed by atoms with E-state index in [0.29, 0.717) is 11.4 Å². The predicted molar refractivity (Wildman–Crippen MR) is 70.5 cm³/mol. The van der Waals surface area contributed by atoms with Crippen molar-refractivity contribution in [3.8, 4) is 0 Å². The average molecular weight is 302 g/mol. The number of nitrogens with one attached hydrogen (secondary N) is 1. The monoisotopic (exact) mass is 301 g/mol. The second kappa shape index (κ2) is 4.78. The van der Waals surface area contributed by atoms with Gasteiger partial charge in [0.15, 0.2) is 11.0 Å². The molecule has 0 spiro atoms. The van der Waals surface area contributed by atoms with Gasteiger partial charge in [-0.2, -0.15) is 5.10 Å². The Labute approximate surface area is 115 Å². The Morgan fingerprint density at radius 3 is 2.42 bits per heavy atom. The number of sulfonamides is 1. The highest BCUT2D eigenvalue weighted by Crippen LogP contribution is 2.23. The van der Waals surface area contributed by atoms with Gasteiger partial charge in [0, 0.05) is 19.4 Å². The minimum atomic E-state index is -3.80. The van der Waals surface area contributed by atoms with E-state index in [9.17, 15) is 8.42 Å². The van der Waals surface area contributed by atoms with E-state index >= 15 is 0 Å². The van der Waals surface area contributed by atoms with Gasteiger partial charge < -0.3 is 0 Å². The van der Waals surface area contributed by atoms with Crippen molar-refractivity contribution in [1.82, 2.24) is 19.7 Å². The van der Waals surface area contributed by atoms with E-state index in [1.807, 2.05) is 0 Å². The molecule has 19 heavy (non-hydrogen) atoms. The maximum Gasteiger partial charge on any atom is 0.266 e. The summed E-state index contributed by atoms with van der Waals surface area (Å²) in [7, 11) is -2.12. The summed E-state index contributed by atoms with van der Waals surface area (Å²) in [6.45, 7) is 3.30. The maximum atomic E-state index is 12.3. The zero-order valence-electron chi connectivity index (χ0n) is 10.5. The summed E-state index contributed by atoms with van der Waals surface area (Å²) in [5.74, 6) is -0.00757. The fourth-order valence-corrected chi connectivity index (χ4v) is 3.38. The molecule has 0 radical (unpaired) electrons. The fourth-order valence-electron chi connectivity index (χ4n) is 1.71. The number of anilines is 1. The lowest BCUT2D eigenvalue weighted by molar-refractivity contribution is 0.599. The SMILES string of the molecule is Cc1nn(C)c(C)c1S(=O)(=O)Nc1nccnc1Cl. The van der Waals surface area contributed by atoms with Crippen LogP contribution in [0.1, 0.15) is 11.4 Å². The Morgan fingerprint density at radius 1 is 1.26 bits per heavy atom. The van der Waals surface area contributed by atoms with Gasteiger partial charge in [-0.05, 0) is 13.8 Å². The van der Waals surface area contributed by atoms with E-state index in [1.54, 1.807) is 20.9 Å². The molecular weight excluding hydrogens is 290 g/mol. The van der Waals surface area contributed by atoms with E-state index in [2.05, 4.69) is 19.8 Å². The molecule has 0 atom stereocenters. The lowest BCUT2D eigenvalue weighted by Crippen LogP contribution is -2.16. The van der Waals surface area contributed by atoms with Gasteiger partial charge in [0.1, 0.15) is 4.90 Å². The van der Waals surface area contributed by atoms with Crippen molar-refractivity contribution in [2.75, 3.05) is 4.72 Å². The van der Waals surface area contributed by atoms with Crippen molar-refractivity contribution in [2.24, 2.45) is 7.05 Å². The number of hydrogen-bond acceptors (Lipinski definition) is 5. The van der Waals surface area contributed by atoms with Crippen LogP contribution in [0.3, 0.4) is 0 Å². The molecule has 0 amide bonds. The van der Waals surface area contributed by atoms with Crippen LogP contribution in [-0.2, 0) is 17.1 Å². The minimum Gasteiger partial charge on any atom is -0.271 e. The maximum absolute atomic E-state index is 12.3. The molecule has 0 unspecified atom stereocenters. The first-order valence-corrected chi connectivity index (χ1v) is 7.18. The Morgan fingerprint density at radius 2 is 1.89 bits per heavy atom. The molecule has 0 aromatic carbocycles. The van der Waals surface area contributed by atoms with Crippen LogP contribution in [0, 0.1) is 13.8 Å². The van der Waals surface area contributed by atoms with Crippen LogP contribution in [0.2, 0.25) is 5.15 Å². The highest BCUT2D eigenvalue weighted by molar-refractivity contribution is 7.92. The first-order valence-electron chi connectivity index (χ1n) is 5.32. The number of hydrogen-bond donors (Lipinski definition) is 1. The van der Waals surface area contributed by atoms with E-state index in [1.165, 1.54) is 17.1 Å². The van der Waals surface area contributed by atoms with Crippen molar-refractivity contribution in [2.45, 2.75) is 18.7 Å². The van der Waals surface area contributed by atoms with Crippen LogP contribution in [0.15, 0.2) is 17.3 Å². The van der Waals surface area contributed by atoms with Crippen molar-refractivity contribution in [3.05, 3.63) is 28.9 Å². The molecule has 102 valence electrons. The molecule has 0 aliphatic rings. The topological polar surface area (TPSA) is 89.8 Å². The van der Waals surface area contributed by atoms with Gasteiger partial charge in [-0.3, -0.25) is 9.40 Å². The van der Waals surface area contributed by atoms with Crippen molar-refractivity contribution >= 4 is 27.4 Å². The fraction of sp³-hybridized carbons (Fsp3) is 0.300. The van der Waals surface area contributed by atoms with Gasteiger partial charge in [0.2, 0.25) is 0 Å². The van der Waals surface area contributed by atoms with Crippen molar-refractivity contribution < 1.29 is 8.42 Å². The summed E-state index contributed by atoms with van der Waals surface area (Å²) < 4.78 is 28.4. The molecule has 0 saturated carbocycles. The van der Waals surface area contributed by atoms with Gasteiger partial charge in [0.25, 0.3) is 10.0 Å². The number of halogens is 1. The van der Waals surface area contributed by atoms with Gasteiger partial charge in [-0.15, -0.1) is 0 Å². The smallest absolute Gasteiger partial charge is 0.266 e. The molecule has 9 heteroatoms. The van der Waals surface area contributed by atoms with Gasteiger partial charge in [-0.25, -0.2) is 18.4 Å². The van der Waals surface area contributed by atoms with Gasteiger partial charge >= 0.3 is 0 Å². The quantitative estimate of drug-likeness (QED) is 0.922. The summed E-state index contributed by atoms with van der Waals surface area (Å²) in [4.78, 5) is 7.73. The third-order valence-electron chi connectivity index (χ3n) is 2.60. The molecule has 7 nitrogen and oxygen atoms in total. The number of rotatable bonds is 3. The molecule has 2 heterocycles. The molecule has 0 aliphatic heterocycles. The molecule has 0 saturated heterocycles. The van der Waals surface area contributed by atoms with Gasteiger partial charge in [-0.1, -0.05) is 11.6 Å². The third kappa shape index (κ3) is 2.54. The molecule has 2 aromatic rings. The van der Waals surface area contributed by atoms with E-state index in [0.717, 1.165) is 0 Å². The van der Waals surface area contributed by atoms with Crippen molar-refractivity contribution in [1.29, 1.82) is 0 Å². The Kier molecular flexibility index (Phi) is 3.46. The van der Waals surface area contributed by atoms with Crippen LogP contribution < -0.4 is 4.72 Å². The number of aromatic nitrogens is 4. The third-order valence-corrected chi connectivity index (χ3v) is 4.46. The van der Waals surface area contributed by atoms with E-state index < -0.39 is 10.0 Å². The van der Waals surface area contributed by atoms with Crippen molar-refractivity contribution in [3.63, 3.8) is 0 Å². The lowest BCUT2D eigenvalue weighted by atomic mass is 10.4. The molecule has 2 rings (SSSR count). The average Bonchev–Trinajstić information content (AvgIpc) is 2.56. The first kappa shape index (κ1) is 13.8. The van der Waals surface area contributed by atoms with E-state index in [-0.39, 0.29) is 15.9 Å². The van der Waals surface area contributed by atoms with E-state index in [4.69, 9.17) is 11.6 Å². The molecule has 1 N–H and O–H groups in total. The minimum absolute atomic E-state index is 0.00757. The molecule has 0 fully saturated rings. The highest BCUT2D eigenvalue weighted by atomic mass is 35.5. The summed E-state index contributed by atoms with van der Waals surface area (Å²) in [5.41, 5.74) is 0.942. The van der Waals surface area contributed by atoms with Crippen LogP contribution in [-0.4, -0.2) is 28.2 Å². The number of aryl methyl sites for hydroxylation is 2. The van der Waals surface area contributed by atoms with Crippen LogP contribution >= 0.6 is 11.6 Å². The summed E-state index contributed by atoms with van der Waals surface area (Å²) in [5, 5.41) is 4.06. The summed E-state index contributed by atoms with van der Waals surface area (Å²) in [6.07, 6.45) is 2.73. The number of nitrogens with zero attached hydrogens (tertiary/aromatic N) is 4. The first-order chi connectivity index (χ1) is 8.83. The predicted octanol–water partition coefficient (Wildman–Crippen LogP) is 1.28. The normalized spacial score (nSPS) is 11.6. The second-order valence-corrected chi connectivity index (χ2v) is 5.90. The van der Waals surface area contributed by atoms with Crippen LogP contribution in [0.4, 0.5) is 5.82 Å². The lowest BCUT2D eigenvalue weighted by Gasteiger charge is -2.08. The Balaban J connectivity index is 2.47. The molecule has 0 bridgehead atoms. The highest BCUT2D eigenvalue weighted by Gasteiger charge is 2.25. The molecular formula is C10H12ClN5O2S. The largest absolute Gasteiger partial charge is 0.271 e. The Hall–Kier alpha value is -1.67. The second-order valence-electron chi connectivity index (χ2n) is 3.92. The Bertz CT molecular complexity index is 726. The zero-order chi connectivity index (χ0) is 14.2. The zero-order valence-corrected chi connectivity index (χ0v) is 12.1. The van der Waals surface area contributed by atoms with Crippen LogP contribution in [0.5, 0.6) is 0 Å². The summed E-state index contributed by atoms with van der Waals surface area (Å²) >= 11 is 5.78. The summed E-state index contributed by atoms with van der Waals surface area (Å²) in [6, 6.07) is 0. The standard InChI is InChI=1S/C10H12ClN5O2S/c1-6-8(7(2)16(3)14-6)19(17,18)15-10-9(11)12-4-5-13-10/h4-5H,1-3H3,(H,13,15). The molecule has 2 aromatic heterocycles.